The van der Waals surface area contributed by atoms with Crippen molar-refractivity contribution >= 4 is 16.7 Å². The Balaban J connectivity index is 1.66. The first-order valence-corrected chi connectivity index (χ1v) is 9.70. The quantitative estimate of drug-likeness (QED) is 0.552. The zero-order valence-electron chi connectivity index (χ0n) is 16.5. The normalized spacial score (nSPS) is 10.3. The van der Waals surface area contributed by atoms with Crippen LogP contribution in [0.25, 0.3) is 10.8 Å². The molecule has 3 rings (SSSR count). The molecule has 5 nitrogen and oxygen atoms in total. The van der Waals surface area contributed by atoms with Crippen LogP contribution in [0.2, 0.25) is 0 Å². The molecule has 0 saturated carbocycles. The summed E-state index contributed by atoms with van der Waals surface area (Å²) in [6, 6.07) is 21.7. The maximum atomic E-state index is 11.7. The molecular formula is C24H24N2O3. The molecule has 0 aromatic heterocycles. The van der Waals surface area contributed by atoms with E-state index in [0.717, 1.165) is 28.5 Å². The lowest BCUT2D eigenvalue weighted by Crippen LogP contribution is -2.22. The minimum absolute atomic E-state index is 0.161. The van der Waals surface area contributed by atoms with E-state index in [2.05, 4.69) is 24.4 Å². The Labute approximate surface area is 170 Å². The number of hydrogen-bond acceptors (Lipinski definition) is 4. The number of rotatable bonds is 9. The van der Waals surface area contributed by atoms with E-state index < -0.39 is 0 Å². The van der Waals surface area contributed by atoms with Crippen LogP contribution in [0.15, 0.2) is 60.7 Å². The Morgan fingerprint density at radius 3 is 2.52 bits per heavy atom. The summed E-state index contributed by atoms with van der Waals surface area (Å²) in [6.45, 7) is 3.22. The first-order valence-electron chi connectivity index (χ1n) is 9.70. The maximum absolute atomic E-state index is 11.7. The summed E-state index contributed by atoms with van der Waals surface area (Å²) in [5.41, 5.74) is 2.16. The number of carbonyl (C=O) groups excluding carboxylic acids is 1. The number of nitrogens with zero attached hydrogens (tertiary/aromatic N) is 1. The number of ether oxygens (including phenoxy) is 2. The average molecular weight is 388 g/mol. The van der Waals surface area contributed by atoms with Gasteiger partial charge in [0, 0.05) is 12.1 Å². The molecule has 3 aromatic carbocycles. The lowest BCUT2D eigenvalue weighted by Gasteiger charge is -2.15. The number of aryl methyl sites for hydroxylation is 1. The Bertz CT molecular complexity index is 1010. The van der Waals surface area contributed by atoms with Crippen LogP contribution >= 0.6 is 0 Å². The molecule has 29 heavy (non-hydrogen) atoms. The molecule has 0 aliphatic carbocycles. The zero-order chi connectivity index (χ0) is 20.5. The molecular weight excluding hydrogens is 364 g/mol. The van der Waals surface area contributed by atoms with E-state index in [1.165, 1.54) is 5.56 Å². The molecule has 148 valence electrons. The zero-order valence-corrected chi connectivity index (χ0v) is 16.5. The van der Waals surface area contributed by atoms with E-state index in [1.54, 1.807) is 0 Å². The molecule has 0 aliphatic rings. The van der Waals surface area contributed by atoms with Gasteiger partial charge >= 0.3 is 0 Å². The predicted octanol–water partition coefficient (Wildman–Crippen LogP) is 4.39. The lowest BCUT2D eigenvalue weighted by molar-refractivity contribution is -0.120. The molecule has 0 unspecified atom stereocenters. The van der Waals surface area contributed by atoms with Crippen molar-refractivity contribution in [1.82, 2.24) is 5.32 Å². The van der Waals surface area contributed by atoms with E-state index in [9.17, 15) is 4.79 Å². The third-order valence-electron chi connectivity index (χ3n) is 4.64. The third-order valence-corrected chi connectivity index (χ3v) is 4.64. The standard InChI is InChI=1S/C24H24N2O3/c1-2-18-7-10-20(11-8-18)28-15-16-29-23-12-9-19-5-3-4-6-21(19)22(23)17-26-24(27)13-14-25/h3-12H,2,13,15-17H2,1H3,(H,26,27). The Morgan fingerprint density at radius 2 is 1.76 bits per heavy atom. The average Bonchev–Trinajstić information content (AvgIpc) is 2.76. The number of nitriles is 1. The molecule has 0 fully saturated rings. The van der Waals surface area contributed by atoms with Crippen molar-refractivity contribution in [1.29, 1.82) is 5.26 Å². The summed E-state index contributed by atoms with van der Waals surface area (Å²) >= 11 is 0. The van der Waals surface area contributed by atoms with Crippen molar-refractivity contribution in [3.63, 3.8) is 0 Å². The SMILES string of the molecule is CCc1ccc(OCCOc2ccc3ccccc3c2CNC(=O)CC#N)cc1. The van der Waals surface area contributed by atoms with Gasteiger partial charge in [-0.15, -0.1) is 0 Å². The van der Waals surface area contributed by atoms with Crippen LogP contribution in [0.3, 0.4) is 0 Å². The fourth-order valence-corrected chi connectivity index (χ4v) is 3.09. The maximum Gasteiger partial charge on any atom is 0.234 e. The lowest BCUT2D eigenvalue weighted by atomic mass is 10.0. The van der Waals surface area contributed by atoms with Gasteiger partial charge in [-0.2, -0.15) is 5.26 Å². The number of benzene rings is 3. The monoisotopic (exact) mass is 388 g/mol. The van der Waals surface area contributed by atoms with E-state index in [4.69, 9.17) is 14.7 Å². The van der Waals surface area contributed by atoms with E-state index >= 15 is 0 Å². The van der Waals surface area contributed by atoms with Crippen LogP contribution in [-0.4, -0.2) is 19.1 Å². The summed E-state index contributed by atoms with van der Waals surface area (Å²) in [7, 11) is 0. The second-order valence-electron chi connectivity index (χ2n) is 6.57. The van der Waals surface area contributed by atoms with Crippen LogP contribution in [-0.2, 0) is 17.8 Å². The molecule has 1 N–H and O–H groups in total. The molecule has 5 heteroatoms. The van der Waals surface area contributed by atoms with Crippen molar-refractivity contribution in [3.8, 4) is 17.6 Å². The van der Waals surface area contributed by atoms with Gasteiger partial charge in [-0.1, -0.05) is 49.4 Å². The largest absolute Gasteiger partial charge is 0.490 e. The number of carbonyl (C=O) groups is 1. The molecule has 0 spiro atoms. The summed E-state index contributed by atoms with van der Waals surface area (Å²) < 4.78 is 11.7. The highest BCUT2D eigenvalue weighted by Gasteiger charge is 2.11. The summed E-state index contributed by atoms with van der Waals surface area (Å²) in [4.78, 5) is 11.7. The van der Waals surface area contributed by atoms with E-state index in [1.807, 2.05) is 54.6 Å². The van der Waals surface area contributed by atoms with Gasteiger partial charge in [0.05, 0.1) is 6.07 Å². The Kier molecular flexibility index (Phi) is 7.07. The summed E-state index contributed by atoms with van der Waals surface area (Å²) in [5, 5.41) is 13.5. The fourth-order valence-electron chi connectivity index (χ4n) is 3.09. The number of fused-ring (bicyclic) bond motifs is 1. The minimum Gasteiger partial charge on any atom is -0.490 e. The molecule has 0 heterocycles. The van der Waals surface area contributed by atoms with Crippen molar-refractivity contribution in [2.75, 3.05) is 13.2 Å². The minimum atomic E-state index is -0.301. The highest BCUT2D eigenvalue weighted by atomic mass is 16.5. The topological polar surface area (TPSA) is 71.3 Å². The highest BCUT2D eigenvalue weighted by Crippen LogP contribution is 2.28. The van der Waals surface area contributed by atoms with Crippen LogP contribution in [0.1, 0.15) is 24.5 Å². The first kappa shape index (κ1) is 20.2. The van der Waals surface area contributed by atoms with Gasteiger partial charge in [0.25, 0.3) is 0 Å². The van der Waals surface area contributed by atoms with Crippen molar-refractivity contribution in [2.24, 2.45) is 0 Å². The van der Waals surface area contributed by atoms with Crippen molar-refractivity contribution in [2.45, 2.75) is 26.3 Å². The number of nitrogens with one attached hydrogen (secondary N) is 1. The van der Waals surface area contributed by atoms with Gasteiger partial charge in [-0.05, 0) is 41.0 Å². The van der Waals surface area contributed by atoms with E-state index in [-0.39, 0.29) is 12.3 Å². The van der Waals surface area contributed by atoms with E-state index in [0.29, 0.717) is 25.5 Å². The van der Waals surface area contributed by atoms with Crippen molar-refractivity contribution in [3.05, 3.63) is 71.8 Å². The number of amides is 1. The first-order chi connectivity index (χ1) is 14.2. The third kappa shape index (κ3) is 5.49. The van der Waals surface area contributed by atoms with Gasteiger partial charge in [0.2, 0.25) is 5.91 Å². The van der Waals surface area contributed by atoms with Crippen LogP contribution < -0.4 is 14.8 Å². The highest BCUT2D eigenvalue weighted by molar-refractivity contribution is 5.88. The Morgan fingerprint density at radius 1 is 1.00 bits per heavy atom. The molecule has 0 aliphatic heterocycles. The predicted molar refractivity (Wildman–Crippen MR) is 113 cm³/mol. The van der Waals surface area contributed by atoms with Gasteiger partial charge in [0.15, 0.2) is 0 Å². The van der Waals surface area contributed by atoms with Crippen molar-refractivity contribution < 1.29 is 14.3 Å². The Hall–Kier alpha value is -3.52. The van der Waals surface area contributed by atoms with Crippen LogP contribution in [0.4, 0.5) is 0 Å². The van der Waals surface area contributed by atoms with Gasteiger partial charge < -0.3 is 14.8 Å². The summed E-state index contributed by atoms with van der Waals surface area (Å²) in [5.74, 6) is 1.21. The molecule has 0 atom stereocenters. The smallest absolute Gasteiger partial charge is 0.234 e. The molecule has 0 saturated heterocycles. The van der Waals surface area contributed by atoms with Gasteiger partial charge in [-0.25, -0.2) is 0 Å². The number of hydrogen-bond donors (Lipinski definition) is 1. The fraction of sp³-hybridized carbons (Fsp3) is 0.250. The molecule has 1 amide bonds. The molecule has 0 radical (unpaired) electrons. The molecule has 3 aromatic rings. The second kappa shape index (κ2) is 10.1. The second-order valence-corrected chi connectivity index (χ2v) is 6.57. The summed E-state index contributed by atoms with van der Waals surface area (Å²) in [6.07, 6.45) is 0.838. The van der Waals surface area contributed by atoms with Gasteiger partial charge in [0.1, 0.15) is 31.1 Å². The van der Waals surface area contributed by atoms with Gasteiger partial charge in [-0.3, -0.25) is 4.79 Å². The molecule has 0 bridgehead atoms. The van der Waals surface area contributed by atoms with Crippen LogP contribution in [0, 0.1) is 11.3 Å². The van der Waals surface area contributed by atoms with Crippen LogP contribution in [0.5, 0.6) is 11.5 Å².